The maximum absolute atomic E-state index is 5.88. The van der Waals surface area contributed by atoms with Gasteiger partial charge in [-0.2, -0.15) is 5.10 Å². The lowest BCUT2D eigenvalue weighted by molar-refractivity contribution is 0.0866. The van der Waals surface area contributed by atoms with Crippen LogP contribution in [0, 0.1) is 5.92 Å². The van der Waals surface area contributed by atoms with Gasteiger partial charge in [0.05, 0.1) is 15.9 Å². The Morgan fingerprint density at radius 1 is 1.45 bits per heavy atom. The van der Waals surface area contributed by atoms with Crippen molar-refractivity contribution in [2.24, 2.45) is 13.0 Å². The Morgan fingerprint density at radius 3 is 3.10 bits per heavy atom. The number of aryl methyl sites for hydroxylation is 1. The van der Waals surface area contributed by atoms with Gasteiger partial charge in [-0.05, 0) is 34.5 Å². The van der Waals surface area contributed by atoms with Crippen molar-refractivity contribution in [3.05, 3.63) is 40.9 Å². The number of ether oxygens (including phenoxy) is 1. The van der Waals surface area contributed by atoms with Gasteiger partial charge in [0, 0.05) is 44.7 Å². The van der Waals surface area contributed by atoms with Crippen LogP contribution in [0.3, 0.4) is 0 Å². The van der Waals surface area contributed by atoms with Crippen LogP contribution in [0.1, 0.15) is 18.2 Å². The Balaban J connectivity index is 1.68. The molecule has 1 aliphatic heterocycles. The Hall–Kier alpha value is -1.40. The SMILES string of the molecule is Cn1nccc1[C@@H]1OCC[C@H]1CNc1ccncc1Br. The van der Waals surface area contributed by atoms with Crippen molar-refractivity contribution in [1.82, 2.24) is 14.8 Å². The molecule has 20 heavy (non-hydrogen) atoms. The molecule has 0 bridgehead atoms. The van der Waals surface area contributed by atoms with Gasteiger partial charge in [-0.15, -0.1) is 0 Å². The fourth-order valence-corrected chi connectivity index (χ4v) is 2.98. The third-order valence-corrected chi connectivity index (χ3v) is 4.32. The van der Waals surface area contributed by atoms with E-state index >= 15 is 0 Å². The number of anilines is 1. The summed E-state index contributed by atoms with van der Waals surface area (Å²) in [4.78, 5) is 4.07. The van der Waals surface area contributed by atoms with Gasteiger partial charge >= 0.3 is 0 Å². The van der Waals surface area contributed by atoms with Gasteiger partial charge in [-0.3, -0.25) is 9.67 Å². The third-order valence-electron chi connectivity index (χ3n) is 3.69. The lowest BCUT2D eigenvalue weighted by atomic mass is 9.99. The summed E-state index contributed by atoms with van der Waals surface area (Å²) in [5.41, 5.74) is 2.21. The van der Waals surface area contributed by atoms with E-state index in [0.717, 1.165) is 35.4 Å². The van der Waals surface area contributed by atoms with Crippen LogP contribution in [0.15, 0.2) is 35.2 Å². The van der Waals surface area contributed by atoms with Crippen molar-refractivity contribution >= 4 is 21.6 Å². The fraction of sp³-hybridized carbons (Fsp3) is 0.429. The molecule has 2 atom stereocenters. The van der Waals surface area contributed by atoms with E-state index in [0.29, 0.717) is 5.92 Å². The molecule has 1 saturated heterocycles. The van der Waals surface area contributed by atoms with Crippen LogP contribution >= 0.6 is 15.9 Å². The van der Waals surface area contributed by atoms with Crippen molar-refractivity contribution in [2.45, 2.75) is 12.5 Å². The summed E-state index contributed by atoms with van der Waals surface area (Å²) in [6, 6.07) is 4.00. The monoisotopic (exact) mass is 336 g/mol. The molecule has 0 radical (unpaired) electrons. The maximum Gasteiger partial charge on any atom is 0.104 e. The molecular weight excluding hydrogens is 320 g/mol. The molecule has 2 aromatic rings. The second-order valence-electron chi connectivity index (χ2n) is 4.96. The predicted octanol–water partition coefficient (Wildman–Crippen LogP) is 2.77. The molecule has 2 aromatic heterocycles. The van der Waals surface area contributed by atoms with Crippen molar-refractivity contribution in [3.63, 3.8) is 0 Å². The van der Waals surface area contributed by atoms with Gasteiger partial charge in [0.15, 0.2) is 0 Å². The smallest absolute Gasteiger partial charge is 0.104 e. The molecule has 1 fully saturated rings. The molecule has 1 N–H and O–H groups in total. The normalized spacial score (nSPS) is 22.1. The first-order valence-electron chi connectivity index (χ1n) is 6.68. The summed E-state index contributed by atoms with van der Waals surface area (Å²) in [5.74, 6) is 0.450. The average Bonchev–Trinajstić information content (AvgIpc) is 3.06. The highest BCUT2D eigenvalue weighted by molar-refractivity contribution is 9.10. The summed E-state index contributed by atoms with van der Waals surface area (Å²) in [5, 5.41) is 7.70. The van der Waals surface area contributed by atoms with Gasteiger partial charge in [-0.25, -0.2) is 0 Å². The van der Waals surface area contributed by atoms with Crippen molar-refractivity contribution < 1.29 is 4.74 Å². The maximum atomic E-state index is 5.88. The number of aromatic nitrogens is 3. The summed E-state index contributed by atoms with van der Waals surface area (Å²) in [6.07, 6.45) is 6.59. The Morgan fingerprint density at radius 2 is 2.35 bits per heavy atom. The predicted molar refractivity (Wildman–Crippen MR) is 80.4 cm³/mol. The molecule has 3 heterocycles. The molecule has 0 unspecified atom stereocenters. The molecule has 0 amide bonds. The van der Waals surface area contributed by atoms with Crippen LogP contribution in [0.25, 0.3) is 0 Å². The van der Waals surface area contributed by atoms with E-state index in [-0.39, 0.29) is 6.10 Å². The van der Waals surface area contributed by atoms with Crippen LogP contribution in [0.4, 0.5) is 5.69 Å². The Bertz CT molecular complexity index is 586. The zero-order valence-corrected chi connectivity index (χ0v) is 12.9. The second-order valence-corrected chi connectivity index (χ2v) is 5.81. The number of hydrogen-bond acceptors (Lipinski definition) is 4. The van der Waals surface area contributed by atoms with E-state index in [2.05, 4.69) is 31.3 Å². The number of halogens is 1. The number of nitrogens with zero attached hydrogens (tertiary/aromatic N) is 3. The van der Waals surface area contributed by atoms with Gasteiger partial charge in [-0.1, -0.05) is 0 Å². The van der Waals surface area contributed by atoms with Crippen LogP contribution in [0.2, 0.25) is 0 Å². The zero-order valence-electron chi connectivity index (χ0n) is 11.3. The molecular formula is C14H17BrN4O. The molecule has 0 spiro atoms. The van der Waals surface area contributed by atoms with Gasteiger partial charge in [0.1, 0.15) is 6.10 Å². The molecule has 0 aromatic carbocycles. The first-order chi connectivity index (χ1) is 9.75. The average molecular weight is 337 g/mol. The van der Waals surface area contributed by atoms with Crippen molar-refractivity contribution in [3.8, 4) is 0 Å². The lowest BCUT2D eigenvalue weighted by Crippen LogP contribution is -2.20. The highest BCUT2D eigenvalue weighted by Crippen LogP contribution is 2.34. The van der Waals surface area contributed by atoms with E-state index in [1.807, 2.05) is 30.1 Å². The molecule has 106 valence electrons. The first-order valence-corrected chi connectivity index (χ1v) is 7.48. The van der Waals surface area contributed by atoms with E-state index in [1.165, 1.54) is 0 Å². The minimum absolute atomic E-state index is 0.121. The summed E-state index contributed by atoms with van der Waals surface area (Å²) in [6.45, 7) is 1.68. The molecule has 1 aliphatic rings. The van der Waals surface area contributed by atoms with Crippen LogP contribution in [-0.2, 0) is 11.8 Å². The molecule has 0 aliphatic carbocycles. The van der Waals surface area contributed by atoms with E-state index < -0.39 is 0 Å². The molecule has 6 heteroatoms. The largest absolute Gasteiger partial charge is 0.384 e. The minimum Gasteiger partial charge on any atom is -0.384 e. The zero-order chi connectivity index (χ0) is 13.9. The van der Waals surface area contributed by atoms with Gasteiger partial charge in [0.2, 0.25) is 0 Å². The Kier molecular flexibility index (Phi) is 4.03. The third kappa shape index (κ3) is 2.71. The van der Waals surface area contributed by atoms with Gasteiger partial charge in [0.25, 0.3) is 0 Å². The van der Waals surface area contributed by atoms with Crippen LogP contribution < -0.4 is 5.32 Å². The van der Waals surface area contributed by atoms with Crippen molar-refractivity contribution in [1.29, 1.82) is 0 Å². The number of hydrogen-bond donors (Lipinski definition) is 1. The van der Waals surface area contributed by atoms with E-state index in [4.69, 9.17) is 4.74 Å². The fourth-order valence-electron chi connectivity index (χ4n) is 2.59. The summed E-state index contributed by atoms with van der Waals surface area (Å²) >= 11 is 3.50. The van der Waals surface area contributed by atoms with Crippen molar-refractivity contribution in [2.75, 3.05) is 18.5 Å². The topological polar surface area (TPSA) is 52.0 Å². The van der Waals surface area contributed by atoms with Crippen LogP contribution in [0.5, 0.6) is 0 Å². The summed E-state index contributed by atoms with van der Waals surface area (Å²) < 4.78 is 8.76. The number of nitrogens with one attached hydrogen (secondary N) is 1. The number of rotatable bonds is 4. The van der Waals surface area contributed by atoms with Crippen LogP contribution in [-0.4, -0.2) is 27.9 Å². The second kappa shape index (κ2) is 5.93. The summed E-state index contributed by atoms with van der Waals surface area (Å²) in [7, 11) is 1.96. The highest BCUT2D eigenvalue weighted by atomic mass is 79.9. The lowest BCUT2D eigenvalue weighted by Gasteiger charge is -2.20. The minimum atomic E-state index is 0.121. The molecule has 3 rings (SSSR count). The standard InChI is InChI=1S/C14H17BrN4O/c1-19-13(3-6-18-19)14-10(4-7-20-14)8-17-12-2-5-16-9-11(12)15/h2-3,5-6,9-10,14H,4,7-8H2,1H3,(H,16,17)/t10-,14+/m0/s1. The highest BCUT2D eigenvalue weighted by Gasteiger charge is 2.31. The Labute approximate surface area is 126 Å². The van der Waals surface area contributed by atoms with Gasteiger partial charge < -0.3 is 10.1 Å². The molecule has 5 nitrogen and oxygen atoms in total. The first kappa shape index (κ1) is 13.6. The van der Waals surface area contributed by atoms with E-state index in [1.54, 1.807) is 12.4 Å². The number of pyridine rings is 1. The quantitative estimate of drug-likeness (QED) is 0.932. The van der Waals surface area contributed by atoms with E-state index in [9.17, 15) is 0 Å². The molecule has 0 saturated carbocycles.